The molecule has 0 saturated heterocycles. The fourth-order valence-electron chi connectivity index (χ4n) is 8.40. The van der Waals surface area contributed by atoms with Gasteiger partial charge in [0.25, 0.3) is 11.5 Å². The third-order valence-corrected chi connectivity index (χ3v) is 12.4. The third kappa shape index (κ3) is 8.78. The smallest absolute Gasteiger partial charge is 0.458 e. The molecule has 334 valence electrons. The highest BCUT2D eigenvalue weighted by Gasteiger charge is 2.53. The van der Waals surface area contributed by atoms with Crippen molar-refractivity contribution in [2.24, 2.45) is 5.73 Å². The first-order chi connectivity index (χ1) is 29.8. The van der Waals surface area contributed by atoms with Gasteiger partial charge in [-0.15, -0.1) is 0 Å². The fraction of sp³-hybridized carbons (Fsp3) is 0.390. The first kappa shape index (κ1) is 44.9. The second kappa shape index (κ2) is 17.5. The van der Waals surface area contributed by atoms with E-state index in [0.717, 1.165) is 0 Å². The Morgan fingerprint density at radius 2 is 1.84 bits per heavy atom. The van der Waals surface area contributed by atoms with Gasteiger partial charge in [-0.2, -0.15) is 8.78 Å². The average Bonchev–Trinajstić information content (AvgIpc) is 3.60. The average molecular weight is 898 g/mol. The van der Waals surface area contributed by atoms with Crippen LogP contribution in [0.2, 0.25) is 0 Å². The van der Waals surface area contributed by atoms with Crippen LogP contribution in [-0.2, 0) is 69.3 Å². The van der Waals surface area contributed by atoms with Crippen LogP contribution in [0.25, 0.3) is 22.3 Å². The van der Waals surface area contributed by atoms with Crippen LogP contribution in [0.15, 0.2) is 41.2 Å². The predicted molar refractivity (Wildman–Crippen MR) is 217 cm³/mol. The summed E-state index contributed by atoms with van der Waals surface area (Å²) in [6.45, 7) is 3.32. The fourth-order valence-corrected chi connectivity index (χ4v) is 9.46. The lowest BCUT2D eigenvalue weighted by molar-refractivity contribution is -0.171. The number of pyridine rings is 2. The number of carbonyl (C=O) groups is 5. The number of aromatic nitrogens is 2. The normalized spacial score (nSPS) is 18.7. The number of hydrogen-bond acceptors (Lipinski definition) is 11. The van der Waals surface area contributed by atoms with E-state index in [1.165, 1.54) is 54.8 Å². The number of carbonyl (C=O) groups excluding carboxylic acids is 5. The quantitative estimate of drug-likeness (QED) is 0.0493. The molecule has 0 radical (unpaired) electrons. The predicted octanol–water partition coefficient (Wildman–Crippen LogP) is 4.13. The lowest BCUT2D eigenvalue weighted by atomic mass is 9.81. The van der Waals surface area contributed by atoms with E-state index in [0.29, 0.717) is 45.3 Å². The minimum Gasteiger partial charge on any atom is -0.458 e. The number of anilines is 1. The number of rotatable bonds is 15. The van der Waals surface area contributed by atoms with Crippen molar-refractivity contribution in [1.29, 1.82) is 0 Å². The number of fused-ring (bicyclic) bond motifs is 5. The Hall–Kier alpha value is -6.15. The molecule has 4 heterocycles. The summed E-state index contributed by atoms with van der Waals surface area (Å²) in [5.74, 6) is -4.14. The monoisotopic (exact) mass is 897 g/mol. The van der Waals surface area contributed by atoms with E-state index < -0.39 is 86.2 Å². The molecule has 7 N–H and O–H groups in total. The number of halogens is 3. The van der Waals surface area contributed by atoms with Crippen molar-refractivity contribution >= 4 is 54.1 Å². The molecule has 0 bridgehead atoms. The molecule has 2 aromatic heterocycles. The largest absolute Gasteiger partial charge is 0.473 e. The molecule has 18 nitrogen and oxygen atoms in total. The molecule has 1 unspecified atom stereocenters. The Kier molecular flexibility index (Phi) is 12.5. The van der Waals surface area contributed by atoms with E-state index >= 15 is 4.39 Å². The number of esters is 1. The van der Waals surface area contributed by atoms with Gasteiger partial charge in [0.05, 0.1) is 41.7 Å². The number of nitrogens with zero attached hydrogens (tertiary/aromatic N) is 2. The van der Waals surface area contributed by atoms with Crippen molar-refractivity contribution in [2.45, 2.75) is 96.7 Å². The van der Waals surface area contributed by atoms with Gasteiger partial charge in [0, 0.05) is 41.7 Å². The summed E-state index contributed by atoms with van der Waals surface area (Å²) in [5, 5.41) is 10.5. The van der Waals surface area contributed by atoms with E-state index in [2.05, 4.69) is 21.3 Å². The van der Waals surface area contributed by atoms with Crippen LogP contribution in [0.5, 0.6) is 0 Å². The SMILES string of the molecule is CC[C@@]1(OP(=O)(O)OCc2ccc(NC(=O)[C@H](CCCNC(N)=O)NC(C)=O)cc2)C(=O)OCc2c1cc1n(c2=O)Cc2c-1nc1cc(F)c(C)c3c1c2[C@@H](NC(=O)C(F)F)CC3. The minimum absolute atomic E-state index is 0.0722. The summed E-state index contributed by atoms with van der Waals surface area (Å²) < 4.78 is 73.6. The third-order valence-electron chi connectivity index (χ3n) is 11.4. The number of primary amides is 1. The first-order valence-corrected chi connectivity index (χ1v) is 21.4. The standard InChI is InChI=1S/C41H43F3N7O11P/c1-4-41(62-63(58,59)61-17-21-7-9-22(10-8-21)48-36(53)29(47-20(3)52)6-5-13-46-40(45)57)26-14-31-34-24(16-51(31)38(55)25(26)18-60-39(41)56)33-28(50-37(54)35(43)44)12-11-23-19(2)27(42)15-30(49-34)32(23)33/h7-10,14-15,28-29,35H,4-6,11-13,16-18H2,1-3H3,(H,47,52)(H,48,53)(H,50,54)(H,58,59)(H3,45,46,57)/t28-,29-,41-/m0/s1. The first-order valence-electron chi connectivity index (χ1n) is 19.9. The number of amides is 5. The number of phosphoric acid groups is 1. The zero-order valence-corrected chi connectivity index (χ0v) is 35.0. The van der Waals surface area contributed by atoms with Gasteiger partial charge in [0.2, 0.25) is 17.4 Å². The summed E-state index contributed by atoms with van der Waals surface area (Å²) in [4.78, 5) is 91.7. The van der Waals surface area contributed by atoms with Crippen LogP contribution in [0.1, 0.15) is 84.5 Å². The molecule has 1 aliphatic carbocycles. The van der Waals surface area contributed by atoms with Crippen molar-refractivity contribution < 1.29 is 60.4 Å². The number of nitrogens with two attached hydrogens (primary N) is 1. The van der Waals surface area contributed by atoms with E-state index in [4.69, 9.17) is 24.5 Å². The molecule has 7 rings (SSSR count). The summed E-state index contributed by atoms with van der Waals surface area (Å²) in [7, 11) is -5.18. The summed E-state index contributed by atoms with van der Waals surface area (Å²) in [6, 6.07) is 5.91. The van der Waals surface area contributed by atoms with Crippen LogP contribution >= 0.6 is 7.82 Å². The Morgan fingerprint density at radius 1 is 1.11 bits per heavy atom. The van der Waals surface area contributed by atoms with Crippen molar-refractivity contribution in [3.63, 3.8) is 0 Å². The Labute approximate surface area is 356 Å². The molecule has 22 heteroatoms. The summed E-state index contributed by atoms with van der Waals surface area (Å²) in [5.41, 5.74) is 4.70. The highest BCUT2D eigenvalue weighted by molar-refractivity contribution is 7.47. The molecular weight excluding hydrogens is 854 g/mol. The van der Waals surface area contributed by atoms with Crippen LogP contribution in [0, 0.1) is 12.7 Å². The number of cyclic esters (lactones) is 1. The number of benzene rings is 2. The maximum Gasteiger partial charge on any atom is 0.473 e. The second-order valence-corrected chi connectivity index (χ2v) is 16.8. The van der Waals surface area contributed by atoms with Gasteiger partial charge in [-0.25, -0.2) is 23.5 Å². The van der Waals surface area contributed by atoms with E-state index in [1.807, 2.05) is 0 Å². The zero-order chi connectivity index (χ0) is 45.5. The molecule has 2 aromatic carbocycles. The van der Waals surface area contributed by atoms with Gasteiger partial charge in [-0.3, -0.25) is 28.2 Å². The highest BCUT2D eigenvalue weighted by Crippen LogP contribution is 2.54. The number of hydrogen-bond donors (Lipinski definition) is 6. The van der Waals surface area contributed by atoms with Gasteiger partial charge < -0.3 is 41.2 Å². The summed E-state index contributed by atoms with van der Waals surface area (Å²) in [6.07, 6.45) is -2.68. The molecule has 0 fully saturated rings. The van der Waals surface area contributed by atoms with E-state index in [-0.39, 0.29) is 66.8 Å². The van der Waals surface area contributed by atoms with E-state index in [9.17, 15) is 47.0 Å². The van der Waals surface area contributed by atoms with Crippen LogP contribution in [-0.4, -0.2) is 63.2 Å². The van der Waals surface area contributed by atoms with Gasteiger partial charge in [-0.1, -0.05) is 19.1 Å². The van der Waals surface area contributed by atoms with Crippen LogP contribution in [0.4, 0.5) is 23.7 Å². The zero-order valence-electron chi connectivity index (χ0n) is 34.1. The molecule has 5 amide bonds. The number of urea groups is 1. The number of ether oxygens (including phenoxy) is 1. The second-order valence-electron chi connectivity index (χ2n) is 15.4. The van der Waals surface area contributed by atoms with Crippen LogP contribution in [0.3, 0.4) is 0 Å². The Balaban J connectivity index is 1.15. The molecule has 0 saturated carbocycles. The van der Waals surface area contributed by atoms with Crippen LogP contribution < -0.4 is 32.6 Å². The van der Waals surface area contributed by atoms with Crippen molar-refractivity contribution in [1.82, 2.24) is 25.5 Å². The highest BCUT2D eigenvalue weighted by atomic mass is 31.2. The van der Waals surface area contributed by atoms with E-state index in [1.54, 1.807) is 6.92 Å². The number of alkyl halides is 2. The molecule has 4 atom stereocenters. The molecule has 2 aliphatic heterocycles. The van der Waals surface area contributed by atoms with Gasteiger partial charge in [0.1, 0.15) is 18.5 Å². The number of nitrogens with one attached hydrogen (secondary N) is 4. The Morgan fingerprint density at radius 3 is 2.51 bits per heavy atom. The van der Waals surface area contributed by atoms with Gasteiger partial charge in [0.15, 0.2) is 0 Å². The minimum atomic E-state index is -5.18. The number of aryl methyl sites for hydroxylation is 1. The lowest BCUT2D eigenvalue weighted by Crippen LogP contribution is -2.46. The molecule has 3 aliphatic rings. The lowest BCUT2D eigenvalue weighted by Gasteiger charge is -2.36. The van der Waals surface area contributed by atoms with Crippen molar-refractivity contribution in [2.75, 3.05) is 11.9 Å². The summed E-state index contributed by atoms with van der Waals surface area (Å²) >= 11 is 0. The Bertz CT molecular complexity index is 2680. The topological polar surface area (TPSA) is 259 Å². The molecular formula is C41H43F3N7O11P. The van der Waals surface area contributed by atoms with Crippen molar-refractivity contribution in [3.8, 4) is 11.4 Å². The maximum absolute atomic E-state index is 15.3. The van der Waals surface area contributed by atoms with Crippen molar-refractivity contribution in [3.05, 3.63) is 91.5 Å². The molecule has 63 heavy (non-hydrogen) atoms. The maximum atomic E-state index is 15.3. The van der Waals surface area contributed by atoms with Gasteiger partial charge in [-0.05, 0) is 79.5 Å². The molecule has 4 aromatic rings. The van der Waals surface area contributed by atoms with Gasteiger partial charge >= 0.3 is 26.2 Å². The number of phosphoric ester groups is 1. The molecule has 0 spiro atoms.